The quantitative estimate of drug-likeness (QED) is 0.788. The van der Waals surface area contributed by atoms with E-state index in [0.717, 1.165) is 12.8 Å². The molecule has 0 radical (unpaired) electrons. The van der Waals surface area contributed by atoms with E-state index in [1.54, 1.807) is 13.8 Å². The lowest BCUT2D eigenvalue weighted by Crippen LogP contribution is -2.69. The van der Waals surface area contributed by atoms with Crippen molar-refractivity contribution in [3.05, 3.63) is 0 Å². The van der Waals surface area contributed by atoms with Crippen LogP contribution in [0.25, 0.3) is 0 Å². The molecular formula is C15H26N2O2. The lowest BCUT2D eigenvalue weighted by Gasteiger charge is -2.48. The Morgan fingerprint density at radius 2 is 1.58 bits per heavy atom. The van der Waals surface area contributed by atoms with E-state index in [1.165, 1.54) is 6.42 Å². The Morgan fingerprint density at radius 3 is 2.11 bits per heavy atom. The summed E-state index contributed by atoms with van der Waals surface area (Å²) in [6, 6.07) is -0.130. The first-order chi connectivity index (χ1) is 8.72. The Morgan fingerprint density at radius 1 is 1.05 bits per heavy atom. The van der Waals surface area contributed by atoms with Gasteiger partial charge in [-0.3, -0.25) is 9.59 Å². The Kier molecular flexibility index (Phi) is 3.63. The van der Waals surface area contributed by atoms with Gasteiger partial charge in [-0.1, -0.05) is 13.8 Å². The zero-order valence-corrected chi connectivity index (χ0v) is 12.7. The van der Waals surface area contributed by atoms with E-state index in [1.807, 2.05) is 11.8 Å². The van der Waals surface area contributed by atoms with Gasteiger partial charge in [-0.25, -0.2) is 0 Å². The summed E-state index contributed by atoms with van der Waals surface area (Å²) in [5.41, 5.74) is -0.770. The van der Waals surface area contributed by atoms with Crippen molar-refractivity contribution < 1.29 is 9.59 Å². The van der Waals surface area contributed by atoms with Crippen LogP contribution < -0.4 is 5.32 Å². The van der Waals surface area contributed by atoms with Crippen molar-refractivity contribution in [2.75, 3.05) is 0 Å². The molecule has 1 saturated heterocycles. The second-order valence-corrected chi connectivity index (χ2v) is 7.07. The summed E-state index contributed by atoms with van der Waals surface area (Å²) in [7, 11) is 0. The number of amides is 2. The highest BCUT2D eigenvalue weighted by atomic mass is 16.2. The maximum absolute atomic E-state index is 12.6. The molecule has 2 aliphatic rings. The molecular weight excluding hydrogens is 240 g/mol. The van der Waals surface area contributed by atoms with Gasteiger partial charge in [0.15, 0.2) is 0 Å². The lowest BCUT2D eigenvalue weighted by molar-refractivity contribution is -0.157. The third kappa shape index (κ3) is 2.63. The molecule has 4 heteroatoms. The van der Waals surface area contributed by atoms with Crippen molar-refractivity contribution >= 4 is 11.8 Å². The fourth-order valence-corrected chi connectivity index (χ4v) is 3.70. The van der Waals surface area contributed by atoms with Crippen molar-refractivity contribution in [1.29, 1.82) is 0 Å². The molecule has 3 unspecified atom stereocenters. The second-order valence-electron chi connectivity index (χ2n) is 7.07. The van der Waals surface area contributed by atoms with Gasteiger partial charge in [0.1, 0.15) is 11.6 Å². The van der Waals surface area contributed by atoms with Gasteiger partial charge in [0, 0.05) is 6.04 Å². The number of nitrogens with one attached hydrogen (secondary N) is 1. The highest BCUT2D eigenvalue weighted by molar-refractivity contribution is 5.99. The van der Waals surface area contributed by atoms with Gasteiger partial charge in [-0.2, -0.15) is 0 Å². The molecule has 0 aromatic heterocycles. The van der Waals surface area contributed by atoms with Crippen LogP contribution in [0.4, 0.5) is 0 Å². The third-order valence-electron chi connectivity index (χ3n) is 4.55. The van der Waals surface area contributed by atoms with Gasteiger partial charge in [-0.15, -0.1) is 0 Å². The summed E-state index contributed by atoms with van der Waals surface area (Å²) in [5, 5.41) is 2.82. The zero-order valence-electron chi connectivity index (χ0n) is 12.7. The minimum atomic E-state index is -0.770. The Balaban J connectivity index is 2.25. The number of carbonyl (C=O) groups is 2. The molecule has 0 spiro atoms. The topological polar surface area (TPSA) is 49.4 Å². The fourth-order valence-electron chi connectivity index (χ4n) is 3.70. The molecule has 3 atom stereocenters. The molecule has 0 aromatic carbocycles. The normalized spacial score (nSPS) is 39.1. The van der Waals surface area contributed by atoms with E-state index < -0.39 is 5.54 Å². The second kappa shape index (κ2) is 4.80. The van der Waals surface area contributed by atoms with Crippen LogP contribution in [0.2, 0.25) is 0 Å². The number of hydrogen-bond donors (Lipinski definition) is 1. The monoisotopic (exact) mass is 266 g/mol. The van der Waals surface area contributed by atoms with Crippen LogP contribution in [0.1, 0.15) is 53.9 Å². The molecule has 2 fully saturated rings. The molecule has 1 N–H and O–H groups in total. The summed E-state index contributed by atoms with van der Waals surface area (Å²) < 4.78 is 0. The predicted octanol–water partition coefficient (Wildman–Crippen LogP) is 1.94. The Labute approximate surface area is 115 Å². The smallest absolute Gasteiger partial charge is 0.248 e. The molecule has 1 aliphatic heterocycles. The van der Waals surface area contributed by atoms with Crippen LogP contribution in [0.5, 0.6) is 0 Å². The molecule has 2 amide bonds. The van der Waals surface area contributed by atoms with Crippen molar-refractivity contribution in [2.24, 2.45) is 11.8 Å². The van der Waals surface area contributed by atoms with Crippen molar-refractivity contribution in [3.8, 4) is 0 Å². The van der Waals surface area contributed by atoms with Gasteiger partial charge in [0.05, 0.1) is 0 Å². The maximum Gasteiger partial charge on any atom is 0.248 e. The highest BCUT2D eigenvalue weighted by Gasteiger charge is 2.47. The predicted molar refractivity (Wildman–Crippen MR) is 74.5 cm³/mol. The molecule has 0 bridgehead atoms. The summed E-state index contributed by atoms with van der Waals surface area (Å²) in [4.78, 5) is 26.5. The third-order valence-corrected chi connectivity index (χ3v) is 4.55. The first-order valence-electron chi connectivity index (χ1n) is 7.37. The first kappa shape index (κ1) is 14.4. The molecule has 0 aromatic rings. The molecule has 1 saturated carbocycles. The van der Waals surface area contributed by atoms with E-state index in [0.29, 0.717) is 11.8 Å². The van der Waals surface area contributed by atoms with Crippen LogP contribution in [0.3, 0.4) is 0 Å². The maximum atomic E-state index is 12.6. The van der Waals surface area contributed by atoms with Crippen molar-refractivity contribution in [3.63, 3.8) is 0 Å². The number of carbonyl (C=O) groups excluding carboxylic acids is 2. The number of piperazine rings is 1. The first-order valence-corrected chi connectivity index (χ1v) is 7.37. The van der Waals surface area contributed by atoms with Crippen LogP contribution in [0, 0.1) is 11.8 Å². The van der Waals surface area contributed by atoms with Crippen LogP contribution in [-0.4, -0.2) is 34.3 Å². The van der Waals surface area contributed by atoms with E-state index in [9.17, 15) is 9.59 Å². The highest BCUT2D eigenvalue weighted by Crippen LogP contribution is 2.34. The molecule has 2 rings (SSSR count). The fraction of sp³-hybridized carbons (Fsp3) is 0.867. The lowest BCUT2D eigenvalue weighted by atomic mass is 9.78. The van der Waals surface area contributed by atoms with Crippen LogP contribution in [0.15, 0.2) is 0 Å². The van der Waals surface area contributed by atoms with E-state index in [2.05, 4.69) is 19.2 Å². The largest absolute Gasteiger partial charge is 0.340 e. The van der Waals surface area contributed by atoms with Crippen LogP contribution >= 0.6 is 0 Å². The summed E-state index contributed by atoms with van der Waals surface area (Å²) in [6.45, 7) is 9.91. The summed E-state index contributed by atoms with van der Waals surface area (Å²) in [5.74, 6) is 1.28. The Hall–Kier alpha value is -1.06. The van der Waals surface area contributed by atoms with Crippen LogP contribution in [-0.2, 0) is 9.59 Å². The van der Waals surface area contributed by atoms with Gasteiger partial charge >= 0.3 is 0 Å². The standard InChI is InChI=1S/C15H26N2O2/c1-9-6-10(2)8-12(7-9)17-11(3)13(18)16-15(4,5)14(17)19/h9-12H,6-8H2,1-5H3,(H,16,18). The molecule has 108 valence electrons. The van der Waals surface area contributed by atoms with Gasteiger partial charge in [0.25, 0.3) is 0 Å². The minimum absolute atomic E-state index is 0.0320. The van der Waals surface area contributed by atoms with E-state index >= 15 is 0 Å². The summed E-state index contributed by atoms with van der Waals surface area (Å²) in [6.07, 6.45) is 3.26. The SMILES string of the molecule is CC1CC(C)CC(N2C(=O)C(C)(C)NC(=O)C2C)C1. The van der Waals surface area contributed by atoms with Crippen molar-refractivity contribution in [1.82, 2.24) is 10.2 Å². The molecule has 1 heterocycles. The average Bonchev–Trinajstić information content (AvgIpc) is 2.25. The molecule has 19 heavy (non-hydrogen) atoms. The Bertz CT molecular complexity index is 382. The van der Waals surface area contributed by atoms with E-state index in [4.69, 9.17) is 0 Å². The van der Waals surface area contributed by atoms with Crippen molar-refractivity contribution in [2.45, 2.75) is 71.5 Å². The number of nitrogens with zero attached hydrogens (tertiary/aromatic N) is 1. The van der Waals surface area contributed by atoms with E-state index in [-0.39, 0.29) is 23.9 Å². The summed E-state index contributed by atoms with van der Waals surface area (Å²) >= 11 is 0. The minimum Gasteiger partial charge on any atom is -0.340 e. The molecule has 1 aliphatic carbocycles. The zero-order chi connectivity index (χ0) is 14.4. The van der Waals surface area contributed by atoms with Gasteiger partial charge < -0.3 is 10.2 Å². The number of rotatable bonds is 1. The molecule has 4 nitrogen and oxygen atoms in total. The van der Waals surface area contributed by atoms with Gasteiger partial charge in [-0.05, 0) is 51.9 Å². The van der Waals surface area contributed by atoms with Gasteiger partial charge in [0.2, 0.25) is 11.8 Å². The number of hydrogen-bond acceptors (Lipinski definition) is 2. The average molecular weight is 266 g/mol.